The summed E-state index contributed by atoms with van der Waals surface area (Å²) < 4.78 is 7.19. The molecule has 98 valence electrons. The Kier molecular flexibility index (Phi) is 3.55. The third kappa shape index (κ3) is 2.64. The van der Waals surface area contributed by atoms with Crippen molar-refractivity contribution < 1.29 is 14.6 Å². The fourth-order valence-corrected chi connectivity index (χ4v) is 2.00. The molecule has 1 aliphatic rings. The molecule has 1 aliphatic heterocycles. The quantitative estimate of drug-likeness (QED) is 0.849. The van der Waals surface area contributed by atoms with Gasteiger partial charge in [0, 0.05) is 39.0 Å². The Morgan fingerprint density at radius 3 is 2.67 bits per heavy atom. The van der Waals surface area contributed by atoms with Crippen molar-refractivity contribution in [3.63, 3.8) is 0 Å². The van der Waals surface area contributed by atoms with Crippen LogP contribution in [0.15, 0.2) is 23.0 Å². The third-order valence-corrected chi connectivity index (χ3v) is 3.14. The maximum absolute atomic E-state index is 11.4. The molecule has 1 N–H and O–H groups in total. The number of rotatable bonds is 2. The molecule has 2 heterocycles. The number of aromatic nitrogens is 1. The number of carbonyl (C=O) groups is 1. The zero-order valence-corrected chi connectivity index (χ0v) is 10.2. The minimum atomic E-state index is -0.888. The van der Waals surface area contributed by atoms with Gasteiger partial charge in [0.2, 0.25) is 0 Å². The topological polar surface area (TPSA) is 71.8 Å². The molecule has 18 heavy (non-hydrogen) atoms. The number of hydrogen-bond acceptors (Lipinski definition) is 3. The van der Waals surface area contributed by atoms with Crippen molar-refractivity contribution in [1.82, 2.24) is 9.47 Å². The molecule has 0 bridgehead atoms. The van der Waals surface area contributed by atoms with Gasteiger partial charge in [0.1, 0.15) is 6.10 Å². The normalized spacial score (nSPS) is 16.6. The van der Waals surface area contributed by atoms with Gasteiger partial charge in [0.15, 0.2) is 5.88 Å². The summed E-state index contributed by atoms with van der Waals surface area (Å²) in [5, 5.41) is 8.83. The van der Waals surface area contributed by atoms with Gasteiger partial charge in [-0.1, -0.05) is 6.07 Å². The summed E-state index contributed by atoms with van der Waals surface area (Å²) in [4.78, 5) is 23.6. The Morgan fingerprint density at radius 2 is 2.06 bits per heavy atom. The van der Waals surface area contributed by atoms with Crippen LogP contribution >= 0.6 is 0 Å². The maximum atomic E-state index is 11.4. The van der Waals surface area contributed by atoms with E-state index in [1.807, 2.05) is 0 Å². The first kappa shape index (κ1) is 12.5. The zero-order chi connectivity index (χ0) is 13.1. The highest BCUT2D eigenvalue weighted by atomic mass is 16.5. The van der Waals surface area contributed by atoms with E-state index in [2.05, 4.69) is 0 Å². The van der Waals surface area contributed by atoms with Crippen LogP contribution in [0.5, 0.6) is 5.88 Å². The first-order valence-corrected chi connectivity index (χ1v) is 5.88. The second-order valence-corrected chi connectivity index (χ2v) is 4.35. The van der Waals surface area contributed by atoms with Gasteiger partial charge in [0.05, 0.1) is 0 Å². The minimum Gasteiger partial charge on any atom is -0.475 e. The molecule has 1 fully saturated rings. The first-order valence-electron chi connectivity index (χ1n) is 5.88. The number of ether oxygens (including phenoxy) is 1. The average Bonchev–Trinajstić information content (AvgIpc) is 2.36. The summed E-state index contributed by atoms with van der Waals surface area (Å²) >= 11 is 0. The molecule has 0 aliphatic carbocycles. The van der Waals surface area contributed by atoms with Gasteiger partial charge in [-0.2, -0.15) is 0 Å². The molecular weight excluding hydrogens is 236 g/mol. The molecule has 1 amide bonds. The van der Waals surface area contributed by atoms with Gasteiger partial charge < -0.3 is 14.7 Å². The molecular formula is C12H16N2O4. The lowest BCUT2D eigenvalue weighted by Gasteiger charge is -2.30. The molecule has 0 aromatic carbocycles. The Bertz CT molecular complexity index is 489. The Labute approximate surface area is 104 Å². The highest BCUT2D eigenvalue weighted by molar-refractivity contribution is 5.65. The summed E-state index contributed by atoms with van der Waals surface area (Å²) in [6.07, 6.45) is 0.374. The summed E-state index contributed by atoms with van der Waals surface area (Å²) in [6, 6.07) is 4.87. The van der Waals surface area contributed by atoms with E-state index in [4.69, 9.17) is 9.84 Å². The van der Waals surface area contributed by atoms with Gasteiger partial charge in [-0.25, -0.2) is 4.79 Å². The molecule has 0 spiro atoms. The van der Waals surface area contributed by atoms with Gasteiger partial charge in [-0.15, -0.1) is 0 Å². The standard InChI is InChI=1S/C12H16N2O4/c1-13-10(15)3-2-4-11(13)18-9-5-7-14(8-6-9)12(16)17/h2-4,9H,5-8H2,1H3,(H,16,17). The van der Waals surface area contributed by atoms with E-state index in [0.717, 1.165) is 0 Å². The summed E-state index contributed by atoms with van der Waals surface area (Å²) in [5.41, 5.74) is -0.115. The number of amides is 1. The molecule has 1 saturated heterocycles. The van der Waals surface area contributed by atoms with Crippen LogP contribution in [-0.4, -0.2) is 39.9 Å². The molecule has 6 heteroatoms. The fraction of sp³-hybridized carbons (Fsp3) is 0.500. The highest BCUT2D eigenvalue weighted by Crippen LogP contribution is 2.17. The smallest absolute Gasteiger partial charge is 0.407 e. The summed E-state index contributed by atoms with van der Waals surface area (Å²) in [7, 11) is 1.66. The van der Waals surface area contributed by atoms with Crippen LogP contribution in [0.4, 0.5) is 4.79 Å². The van der Waals surface area contributed by atoms with Crippen molar-refractivity contribution in [2.75, 3.05) is 13.1 Å². The van der Waals surface area contributed by atoms with Crippen LogP contribution in [-0.2, 0) is 7.05 Å². The predicted octanol–water partition coefficient (Wildman–Crippen LogP) is 0.906. The Hall–Kier alpha value is -1.98. The number of nitrogens with zero attached hydrogens (tertiary/aromatic N) is 2. The number of likely N-dealkylation sites (tertiary alicyclic amines) is 1. The molecule has 0 unspecified atom stereocenters. The fourth-order valence-electron chi connectivity index (χ4n) is 2.00. The van der Waals surface area contributed by atoms with Crippen LogP contribution in [0.3, 0.4) is 0 Å². The monoisotopic (exact) mass is 252 g/mol. The van der Waals surface area contributed by atoms with Crippen molar-refractivity contribution in [3.8, 4) is 5.88 Å². The average molecular weight is 252 g/mol. The van der Waals surface area contributed by atoms with Crippen LogP contribution in [0.2, 0.25) is 0 Å². The van der Waals surface area contributed by atoms with E-state index in [1.54, 1.807) is 19.2 Å². The van der Waals surface area contributed by atoms with Crippen molar-refractivity contribution >= 4 is 6.09 Å². The van der Waals surface area contributed by atoms with Crippen molar-refractivity contribution in [3.05, 3.63) is 28.6 Å². The summed E-state index contributed by atoms with van der Waals surface area (Å²) in [6.45, 7) is 0.946. The van der Waals surface area contributed by atoms with E-state index < -0.39 is 6.09 Å². The van der Waals surface area contributed by atoms with Gasteiger partial charge >= 0.3 is 6.09 Å². The van der Waals surface area contributed by atoms with E-state index >= 15 is 0 Å². The lowest BCUT2D eigenvalue weighted by Crippen LogP contribution is -2.41. The largest absolute Gasteiger partial charge is 0.475 e. The van der Waals surface area contributed by atoms with E-state index in [9.17, 15) is 9.59 Å². The molecule has 1 aromatic heterocycles. The molecule has 0 radical (unpaired) electrons. The maximum Gasteiger partial charge on any atom is 0.407 e. The third-order valence-electron chi connectivity index (χ3n) is 3.14. The first-order chi connectivity index (χ1) is 8.58. The minimum absolute atomic E-state index is 0.0337. The van der Waals surface area contributed by atoms with Crippen molar-refractivity contribution in [2.45, 2.75) is 18.9 Å². The van der Waals surface area contributed by atoms with Crippen LogP contribution in [0.1, 0.15) is 12.8 Å². The van der Waals surface area contributed by atoms with E-state index in [1.165, 1.54) is 15.5 Å². The molecule has 2 rings (SSSR count). The Morgan fingerprint density at radius 1 is 1.39 bits per heavy atom. The Balaban J connectivity index is 1.98. The van der Waals surface area contributed by atoms with Crippen LogP contribution in [0, 0.1) is 0 Å². The van der Waals surface area contributed by atoms with Gasteiger partial charge in [0.25, 0.3) is 5.56 Å². The van der Waals surface area contributed by atoms with Gasteiger partial charge in [-0.05, 0) is 6.07 Å². The second-order valence-electron chi connectivity index (χ2n) is 4.35. The molecule has 1 aromatic rings. The van der Waals surface area contributed by atoms with E-state index in [0.29, 0.717) is 31.8 Å². The lowest BCUT2D eigenvalue weighted by atomic mass is 10.1. The zero-order valence-electron chi connectivity index (χ0n) is 10.2. The van der Waals surface area contributed by atoms with Crippen LogP contribution in [0.25, 0.3) is 0 Å². The number of carboxylic acid groups (broad SMARTS) is 1. The van der Waals surface area contributed by atoms with Crippen LogP contribution < -0.4 is 10.3 Å². The summed E-state index contributed by atoms with van der Waals surface area (Å²) in [5.74, 6) is 0.524. The lowest BCUT2D eigenvalue weighted by molar-refractivity contribution is 0.0847. The van der Waals surface area contributed by atoms with Gasteiger partial charge in [-0.3, -0.25) is 9.36 Å². The predicted molar refractivity (Wildman–Crippen MR) is 64.9 cm³/mol. The second kappa shape index (κ2) is 5.12. The molecule has 0 atom stereocenters. The van der Waals surface area contributed by atoms with Crippen molar-refractivity contribution in [2.24, 2.45) is 7.05 Å². The van der Waals surface area contributed by atoms with Crippen molar-refractivity contribution in [1.29, 1.82) is 0 Å². The SMILES string of the molecule is Cn1c(OC2CCN(C(=O)O)CC2)cccc1=O. The highest BCUT2D eigenvalue weighted by Gasteiger charge is 2.23. The molecule has 0 saturated carbocycles. The number of hydrogen-bond donors (Lipinski definition) is 1. The number of pyridine rings is 1. The van der Waals surface area contributed by atoms with E-state index in [-0.39, 0.29) is 11.7 Å². The number of piperidine rings is 1. The molecule has 6 nitrogen and oxygen atoms in total.